The molecule has 0 amide bonds. The molecular weight excluding hydrogens is 627 g/mol. The Labute approximate surface area is 268 Å². The molecule has 3 N–H and O–H groups in total. The van der Waals surface area contributed by atoms with Crippen LogP contribution in [0.1, 0.15) is 81.4 Å². The monoisotopic (exact) mass is 677 g/mol. The second kappa shape index (κ2) is 35.3. The molecule has 0 heterocycles. The largest absolute Gasteiger partial charge is 1.00 e. The Morgan fingerprint density at radius 1 is 0.789 bits per heavy atom. The van der Waals surface area contributed by atoms with Crippen LogP contribution in [-0.2, 0) is 22.1 Å². The number of unbranched alkanes of at least 4 members (excludes halogenated alkanes) is 1. The highest BCUT2D eigenvalue weighted by molar-refractivity contribution is 8.26. The van der Waals surface area contributed by atoms with Gasteiger partial charge in [0.25, 0.3) is 0 Å². The number of rotatable bonds is 10. The number of hydrogen-bond acceptors (Lipinski definition) is 2. The zero-order valence-electron chi connectivity index (χ0n) is 18.8. The summed E-state index contributed by atoms with van der Waals surface area (Å²) in [7, 11) is 7.36. The molecule has 0 radical (unpaired) electrons. The van der Waals surface area contributed by atoms with Gasteiger partial charge < -0.3 is 22.8 Å². The third kappa shape index (κ3) is 38.4. The molecule has 0 spiro atoms. The number of nitrogens with two attached hydrogens (primary N) is 1. The predicted molar refractivity (Wildman–Crippen MR) is 176 cm³/mol. The molecule has 0 aromatic heterocycles. The number of aliphatic hydroxyl groups excluding tert-OH is 1. The number of aliphatic hydroxyl groups is 1. The first-order valence-corrected chi connectivity index (χ1v) is 14.5. The molecular formula is C28H53Cl6NO2S. The van der Waals surface area contributed by atoms with Crippen LogP contribution in [-0.4, -0.2) is 33.9 Å². The normalized spacial score (nSPS) is 10.3. The van der Waals surface area contributed by atoms with Gasteiger partial charge in [-0.2, -0.15) is 0 Å². The molecule has 2 unspecified atom stereocenters. The third-order valence-electron chi connectivity index (χ3n) is 4.29. The molecule has 0 aliphatic heterocycles. The molecule has 230 valence electrons. The second-order valence-electron chi connectivity index (χ2n) is 7.38. The van der Waals surface area contributed by atoms with Gasteiger partial charge in [-0.05, 0) is 68.5 Å². The molecule has 0 saturated heterocycles. The smallest absolute Gasteiger partial charge is 0.211 e. The molecule has 3 nitrogen and oxygen atoms in total. The van der Waals surface area contributed by atoms with Crippen LogP contribution >= 0.6 is 56.2 Å². The molecule has 10 heteroatoms. The summed E-state index contributed by atoms with van der Waals surface area (Å²) in [5.74, 6) is 0. The first-order chi connectivity index (χ1) is 15.1. The van der Waals surface area contributed by atoms with Crippen LogP contribution in [0.2, 0.25) is 10.0 Å². The zero-order valence-corrected chi connectivity index (χ0v) is 24.2. The van der Waals surface area contributed by atoms with Crippen molar-refractivity contribution in [3.8, 4) is 0 Å². The van der Waals surface area contributed by atoms with Crippen LogP contribution in [0, 0.1) is 0 Å². The molecule has 2 atom stereocenters. The van der Waals surface area contributed by atoms with Gasteiger partial charge in [-0.15, -0.1) is 11.6 Å². The Hall–Kier alpha value is 0.250. The summed E-state index contributed by atoms with van der Waals surface area (Å²) in [6.07, 6.45) is 5.09. The van der Waals surface area contributed by atoms with E-state index in [2.05, 4.69) is 50.9 Å². The minimum atomic E-state index is -1.67. The topological polar surface area (TPSA) is 53.9 Å². The van der Waals surface area contributed by atoms with Gasteiger partial charge in [0.15, 0.2) is 0 Å². The molecule has 0 aliphatic rings. The molecule has 2 aromatic rings. The Morgan fingerprint density at radius 3 is 1.50 bits per heavy atom. The van der Waals surface area contributed by atoms with Gasteiger partial charge >= 0.3 is 0 Å². The zero-order chi connectivity index (χ0) is 24.4. The van der Waals surface area contributed by atoms with Crippen molar-refractivity contribution in [2.45, 2.75) is 94.6 Å². The van der Waals surface area contributed by atoms with Gasteiger partial charge in [-0.3, -0.25) is 0 Å². The van der Waals surface area contributed by atoms with Gasteiger partial charge in [-0.1, -0.05) is 91.0 Å². The summed E-state index contributed by atoms with van der Waals surface area (Å²) in [5, 5.41) is 13.1. The van der Waals surface area contributed by atoms with Gasteiger partial charge in [-0.25, -0.2) is 4.21 Å². The Bertz CT molecular complexity index is 672. The highest BCUT2D eigenvalue weighted by atomic mass is 36.0. The lowest BCUT2D eigenvalue weighted by Crippen LogP contribution is -3.00. The van der Waals surface area contributed by atoms with Gasteiger partial charge in [0, 0.05) is 37.8 Å². The molecule has 0 fully saturated rings. The summed E-state index contributed by atoms with van der Waals surface area (Å²) in [4.78, 5) is 0. The van der Waals surface area contributed by atoms with Crippen molar-refractivity contribution in [1.29, 1.82) is 0 Å². The quantitative estimate of drug-likeness (QED) is 0.166. The average Bonchev–Trinajstić information content (AvgIpc) is 2.71. The molecule has 2 aromatic carbocycles. The number of halogens is 6. The fraction of sp³-hybridized carbons (Fsp3) is 0.571. The SMILES string of the molecule is C.C.C.C.C.CC(Cl)C[NH2+]CCc1ccc(Cl)cc1.CC(O)CCCCc1ccc(Cl)cc1.O=S(Cl)Cl.[Cl-]. The Morgan fingerprint density at radius 2 is 1.16 bits per heavy atom. The maximum atomic E-state index is 9.09. The minimum absolute atomic E-state index is 0. The highest BCUT2D eigenvalue weighted by Crippen LogP contribution is 2.12. The van der Waals surface area contributed by atoms with E-state index >= 15 is 0 Å². The van der Waals surface area contributed by atoms with Crippen LogP contribution in [0.4, 0.5) is 0 Å². The van der Waals surface area contributed by atoms with E-state index in [1.54, 1.807) is 0 Å². The number of alkyl halides is 1. The average molecular weight is 681 g/mol. The van der Waals surface area contributed by atoms with Crippen molar-refractivity contribution in [2.24, 2.45) is 0 Å². The van der Waals surface area contributed by atoms with E-state index in [1.165, 1.54) is 11.1 Å². The van der Waals surface area contributed by atoms with Crippen molar-refractivity contribution < 1.29 is 27.0 Å². The molecule has 0 saturated carbocycles. The lowest BCUT2D eigenvalue weighted by molar-refractivity contribution is -0.653. The van der Waals surface area contributed by atoms with Crippen molar-refractivity contribution in [2.75, 3.05) is 13.1 Å². The van der Waals surface area contributed by atoms with Crippen molar-refractivity contribution >= 4 is 65.4 Å². The second-order valence-corrected chi connectivity index (χ2v) is 11.5. The molecule has 0 bridgehead atoms. The highest BCUT2D eigenvalue weighted by Gasteiger charge is 1.99. The van der Waals surface area contributed by atoms with Crippen LogP contribution in [0.25, 0.3) is 0 Å². The number of benzene rings is 2. The molecule has 38 heavy (non-hydrogen) atoms. The Balaban J connectivity index is -0.0000000778. The van der Waals surface area contributed by atoms with E-state index in [0.29, 0.717) is 0 Å². The van der Waals surface area contributed by atoms with E-state index in [4.69, 9.17) is 44.1 Å². The van der Waals surface area contributed by atoms with Crippen LogP contribution in [0.15, 0.2) is 48.5 Å². The van der Waals surface area contributed by atoms with Crippen LogP contribution in [0.5, 0.6) is 0 Å². The third-order valence-corrected chi connectivity index (χ3v) is 4.97. The van der Waals surface area contributed by atoms with Crippen LogP contribution in [0.3, 0.4) is 0 Å². The van der Waals surface area contributed by atoms with Crippen molar-refractivity contribution in [3.63, 3.8) is 0 Å². The fourth-order valence-corrected chi connectivity index (χ4v) is 3.07. The first kappa shape index (κ1) is 54.3. The molecule has 2 rings (SSSR count). The number of aryl methyl sites for hydroxylation is 1. The van der Waals surface area contributed by atoms with Crippen molar-refractivity contribution in [1.82, 2.24) is 0 Å². The maximum absolute atomic E-state index is 9.09. The lowest BCUT2D eigenvalue weighted by Gasteiger charge is -2.04. The van der Waals surface area contributed by atoms with Gasteiger partial charge in [0.2, 0.25) is 9.23 Å². The van der Waals surface area contributed by atoms with E-state index in [0.717, 1.165) is 55.2 Å². The van der Waals surface area contributed by atoms with Gasteiger partial charge in [0.1, 0.15) is 0 Å². The van der Waals surface area contributed by atoms with E-state index < -0.39 is 9.23 Å². The van der Waals surface area contributed by atoms with E-state index in [9.17, 15) is 0 Å². The Kier molecular flexibility index (Phi) is 50.5. The standard InChI is InChI=1S/C12H17ClO.C11H15Cl2N.5CH4.Cl2OS.ClH/c1-10(14)4-2-3-5-11-6-8-12(13)9-7-11;1-9(12)8-14-7-6-10-2-4-11(13)5-3-10;;;;;;1-4(2)3;/h6-10,14H,2-5H2,1H3;2-5,9,14H,6-8H2,1H3;5*1H4;;1H. The fourth-order valence-electron chi connectivity index (χ4n) is 2.69. The molecule has 0 aliphatic carbocycles. The maximum Gasteiger partial charge on any atom is 0.211 e. The van der Waals surface area contributed by atoms with E-state index in [1.807, 2.05) is 38.1 Å². The van der Waals surface area contributed by atoms with Crippen molar-refractivity contribution in [3.05, 3.63) is 69.7 Å². The summed E-state index contributed by atoms with van der Waals surface area (Å²) in [5.41, 5.74) is 2.65. The summed E-state index contributed by atoms with van der Waals surface area (Å²) < 4.78 is 9.09. The lowest BCUT2D eigenvalue weighted by atomic mass is 10.1. The predicted octanol–water partition coefficient (Wildman–Crippen LogP) is 6.73. The first-order valence-electron chi connectivity index (χ1n) is 10.5. The minimum Gasteiger partial charge on any atom is -1.00 e. The summed E-state index contributed by atoms with van der Waals surface area (Å²) in [6.45, 7) is 5.91. The summed E-state index contributed by atoms with van der Waals surface area (Å²) in [6, 6.07) is 16.0. The van der Waals surface area contributed by atoms with E-state index in [-0.39, 0.29) is 61.0 Å². The number of quaternary nitrogens is 1. The van der Waals surface area contributed by atoms with Crippen LogP contribution < -0.4 is 17.7 Å². The number of hydrogen-bond donors (Lipinski definition) is 2. The summed E-state index contributed by atoms with van der Waals surface area (Å²) >= 11 is 17.4. The van der Waals surface area contributed by atoms with Gasteiger partial charge in [0.05, 0.1) is 24.6 Å².